The molecular weight excluding hydrogens is 370 g/mol. The van der Waals surface area contributed by atoms with Crippen molar-refractivity contribution in [2.75, 3.05) is 25.5 Å². The first-order chi connectivity index (χ1) is 14.0. The van der Waals surface area contributed by atoms with Crippen LogP contribution in [-0.4, -0.2) is 31.4 Å². The van der Waals surface area contributed by atoms with Gasteiger partial charge in [0.05, 0.1) is 5.69 Å². The third-order valence-electron chi connectivity index (χ3n) is 4.75. The second kappa shape index (κ2) is 11.8. The van der Waals surface area contributed by atoms with Crippen molar-refractivity contribution >= 4 is 22.9 Å². The SMILES string of the molecule is CNc1ccc(F)cc1F.Cc1cccc2ccccc12.O=CN1CCCCC1. The van der Waals surface area contributed by atoms with E-state index in [0.717, 1.165) is 25.6 Å². The fourth-order valence-electron chi connectivity index (χ4n) is 3.10. The van der Waals surface area contributed by atoms with Crippen LogP contribution in [0.15, 0.2) is 60.7 Å². The first-order valence-electron chi connectivity index (χ1n) is 9.81. The molecule has 4 rings (SSSR count). The normalized spacial score (nSPS) is 12.9. The first-order valence-corrected chi connectivity index (χ1v) is 9.81. The fraction of sp³-hybridized carbons (Fsp3) is 0.292. The smallest absolute Gasteiger partial charge is 0.209 e. The summed E-state index contributed by atoms with van der Waals surface area (Å²) >= 11 is 0. The summed E-state index contributed by atoms with van der Waals surface area (Å²) in [4.78, 5) is 11.9. The number of halogens is 2. The van der Waals surface area contributed by atoms with E-state index in [1.165, 1.54) is 47.7 Å². The number of piperidine rings is 1. The minimum Gasteiger partial charge on any atom is -0.386 e. The molecule has 0 atom stereocenters. The van der Waals surface area contributed by atoms with Crippen molar-refractivity contribution in [3.63, 3.8) is 0 Å². The lowest BCUT2D eigenvalue weighted by Gasteiger charge is -2.21. The molecule has 1 aliphatic heterocycles. The lowest BCUT2D eigenvalue weighted by atomic mass is 10.1. The van der Waals surface area contributed by atoms with Gasteiger partial charge < -0.3 is 10.2 Å². The molecule has 3 aromatic carbocycles. The Labute approximate surface area is 171 Å². The van der Waals surface area contributed by atoms with Crippen molar-refractivity contribution in [1.82, 2.24) is 4.90 Å². The van der Waals surface area contributed by atoms with Gasteiger partial charge in [-0.25, -0.2) is 8.78 Å². The van der Waals surface area contributed by atoms with Crippen molar-refractivity contribution < 1.29 is 13.6 Å². The second-order valence-electron chi connectivity index (χ2n) is 6.87. The molecule has 0 unspecified atom stereocenters. The monoisotopic (exact) mass is 398 g/mol. The number of fused-ring (bicyclic) bond motifs is 1. The zero-order valence-corrected chi connectivity index (χ0v) is 17.0. The average molecular weight is 398 g/mol. The van der Waals surface area contributed by atoms with Crippen molar-refractivity contribution in [2.45, 2.75) is 26.2 Å². The van der Waals surface area contributed by atoms with Gasteiger partial charge in [0.2, 0.25) is 6.41 Å². The number of hydrogen-bond acceptors (Lipinski definition) is 2. The topological polar surface area (TPSA) is 32.3 Å². The van der Waals surface area contributed by atoms with Gasteiger partial charge >= 0.3 is 0 Å². The van der Waals surface area contributed by atoms with Gasteiger partial charge in [-0.2, -0.15) is 0 Å². The maximum Gasteiger partial charge on any atom is 0.209 e. The molecule has 0 spiro atoms. The van der Waals surface area contributed by atoms with Crippen LogP contribution in [0, 0.1) is 18.6 Å². The summed E-state index contributed by atoms with van der Waals surface area (Å²) in [5.74, 6) is -1.13. The van der Waals surface area contributed by atoms with E-state index in [1.54, 1.807) is 7.05 Å². The van der Waals surface area contributed by atoms with Crippen molar-refractivity contribution in [1.29, 1.82) is 0 Å². The van der Waals surface area contributed by atoms with Gasteiger partial charge in [-0.15, -0.1) is 0 Å². The highest BCUT2D eigenvalue weighted by Gasteiger charge is 2.05. The number of hydrogen-bond donors (Lipinski definition) is 1. The summed E-state index contributed by atoms with van der Waals surface area (Å²) in [6.45, 7) is 4.09. The van der Waals surface area contributed by atoms with Crippen LogP contribution in [-0.2, 0) is 4.79 Å². The molecule has 1 aliphatic rings. The van der Waals surface area contributed by atoms with Crippen LogP contribution in [0.4, 0.5) is 14.5 Å². The van der Waals surface area contributed by atoms with Crippen LogP contribution >= 0.6 is 0 Å². The number of carbonyl (C=O) groups is 1. The number of rotatable bonds is 2. The van der Waals surface area contributed by atoms with Gasteiger partial charge in [-0.05, 0) is 54.7 Å². The number of amides is 1. The highest BCUT2D eigenvalue weighted by Crippen LogP contribution is 2.16. The number of carbonyl (C=O) groups excluding carboxylic acids is 1. The fourth-order valence-corrected chi connectivity index (χ4v) is 3.10. The quantitative estimate of drug-likeness (QED) is 0.555. The molecule has 1 saturated heterocycles. The molecule has 0 radical (unpaired) electrons. The Kier molecular flexibility index (Phi) is 9.09. The molecular formula is C24H28F2N2O. The largest absolute Gasteiger partial charge is 0.386 e. The zero-order chi connectivity index (χ0) is 21.1. The van der Waals surface area contributed by atoms with Gasteiger partial charge in [0.1, 0.15) is 11.6 Å². The number of nitrogens with one attached hydrogen (secondary N) is 1. The molecule has 1 fully saturated rings. The summed E-state index contributed by atoms with van der Waals surface area (Å²) in [5, 5.41) is 5.26. The van der Waals surface area contributed by atoms with Crippen LogP contribution in [0.5, 0.6) is 0 Å². The van der Waals surface area contributed by atoms with Gasteiger partial charge in [0, 0.05) is 26.2 Å². The Morgan fingerprint density at radius 3 is 2.21 bits per heavy atom. The van der Waals surface area contributed by atoms with E-state index in [9.17, 15) is 13.6 Å². The van der Waals surface area contributed by atoms with Crippen molar-refractivity contribution in [3.05, 3.63) is 77.9 Å². The van der Waals surface area contributed by atoms with Gasteiger partial charge in [0.15, 0.2) is 0 Å². The van der Waals surface area contributed by atoms with Crippen LogP contribution < -0.4 is 5.32 Å². The Balaban J connectivity index is 0.000000157. The predicted molar refractivity (Wildman–Crippen MR) is 116 cm³/mol. The molecule has 1 amide bonds. The lowest BCUT2D eigenvalue weighted by Crippen LogP contribution is -2.27. The molecule has 0 saturated carbocycles. The molecule has 0 bridgehead atoms. The van der Waals surface area contributed by atoms with Gasteiger partial charge in [0.25, 0.3) is 0 Å². The highest BCUT2D eigenvalue weighted by atomic mass is 19.1. The second-order valence-corrected chi connectivity index (χ2v) is 6.87. The summed E-state index contributed by atoms with van der Waals surface area (Å²) in [6, 6.07) is 18.2. The lowest BCUT2D eigenvalue weighted by molar-refractivity contribution is -0.118. The number of anilines is 1. The summed E-state index contributed by atoms with van der Waals surface area (Å²) < 4.78 is 24.8. The van der Waals surface area contributed by atoms with E-state index in [4.69, 9.17) is 0 Å². The van der Waals surface area contributed by atoms with Crippen LogP contribution in [0.1, 0.15) is 24.8 Å². The standard InChI is InChI=1S/C11H10.C7H7F2N.C6H11NO/c1-9-5-4-7-10-6-2-3-8-11(9)10;1-10-7-3-2-5(8)4-6(7)9;8-6-7-4-2-1-3-5-7/h2-8H,1H3;2-4,10H,1H3;6H,1-5H2. The molecule has 0 aliphatic carbocycles. The number of nitrogens with zero attached hydrogens (tertiary/aromatic N) is 1. The Bertz CT molecular complexity index is 903. The van der Waals surface area contributed by atoms with Gasteiger partial charge in [-0.1, -0.05) is 42.5 Å². The third kappa shape index (κ3) is 7.18. The molecule has 154 valence electrons. The highest BCUT2D eigenvalue weighted by molar-refractivity contribution is 5.85. The van der Waals surface area contributed by atoms with E-state index in [1.807, 2.05) is 4.90 Å². The molecule has 0 aromatic heterocycles. The molecule has 5 heteroatoms. The van der Waals surface area contributed by atoms with Crippen LogP contribution in [0.2, 0.25) is 0 Å². The Morgan fingerprint density at radius 2 is 1.62 bits per heavy atom. The van der Waals surface area contributed by atoms with Crippen molar-refractivity contribution in [3.8, 4) is 0 Å². The number of benzene rings is 3. The van der Waals surface area contributed by atoms with E-state index < -0.39 is 11.6 Å². The maximum atomic E-state index is 12.5. The Hall–Kier alpha value is -2.95. The van der Waals surface area contributed by atoms with E-state index in [2.05, 4.69) is 54.7 Å². The summed E-state index contributed by atoms with van der Waals surface area (Å²) in [6.07, 6.45) is 4.63. The maximum absolute atomic E-state index is 12.5. The first kappa shape index (κ1) is 22.3. The Morgan fingerprint density at radius 1 is 0.931 bits per heavy atom. The van der Waals surface area contributed by atoms with E-state index >= 15 is 0 Å². The van der Waals surface area contributed by atoms with Crippen LogP contribution in [0.3, 0.4) is 0 Å². The molecule has 3 aromatic rings. The zero-order valence-electron chi connectivity index (χ0n) is 17.0. The van der Waals surface area contributed by atoms with Gasteiger partial charge in [-0.3, -0.25) is 4.79 Å². The minimum absolute atomic E-state index is 0.307. The summed E-state index contributed by atoms with van der Waals surface area (Å²) in [7, 11) is 1.58. The molecule has 1 heterocycles. The molecule has 1 N–H and O–H groups in total. The third-order valence-corrected chi connectivity index (χ3v) is 4.75. The minimum atomic E-state index is -0.567. The summed E-state index contributed by atoms with van der Waals surface area (Å²) in [5.41, 5.74) is 1.66. The average Bonchev–Trinajstić information content (AvgIpc) is 2.76. The number of likely N-dealkylation sites (tertiary alicyclic amines) is 1. The van der Waals surface area contributed by atoms with Crippen LogP contribution in [0.25, 0.3) is 10.8 Å². The van der Waals surface area contributed by atoms with E-state index in [-0.39, 0.29) is 0 Å². The van der Waals surface area contributed by atoms with E-state index in [0.29, 0.717) is 5.69 Å². The molecule has 29 heavy (non-hydrogen) atoms. The van der Waals surface area contributed by atoms with Crippen molar-refractivity contribution in [2.24, 2.45) is 0 Å². The molecule has 3 nitrogen and oxygen atoms in total. The number of aryl methyl sites for hydroxylation is 1. The predicted octanol–water partition coefficient (Wildman–Crippen LogP) is 5.78.